The highest BCUT2D eigenvalue weighted by Crippen LogP contribution is 2.35. The molecule has 0 amide bonds. The average molecular weight is 271 g/mol. The highest BCUT2D eigenvalue weighted by Gasteiger charge is 2.25. The molecule has 4 heteroatoms. The summed E-state index contributed by atoms with van der Waals surface area (Å²) in [5.41, 5.74) is 2.15. The second-order valence-corrected chi connectivity index (χ2v) is 6.28. The Morgan fingerprint density at radius 1 is 1.32 bits per heavy atom. The quantitative estimate of drug-likeness (QED) is 0.840. The first-order chi connectivity index (χ1) is 9.20. The fourth-order valence-electron chi connectivity index (χ4n) is 2.62. The van der Waals surface area contributed by atoms with E-state index in [1.165, 1.54) is 10.4 Å². The largest absolute Gasteiger partial charge is 0.314 e. The Morgan fingerprint density at radius 3 is 2.68 bits per heavy atom. The summed E-state index contributed by atoms with van der Waals surface area (Å²) >= 11 is 1.76. The van der Waals surface area contributed by atoms with E-state index in [1.54, 1.807) is 11.3 Å². The van der Waals surface area contributed by atoms with Gasteiger partial charge in [-0.2, -0.15) is 5.26 Å². The molecule has 1 aliphatic rings. The summed E-state index contributed by atoms with van der Waals surface area (Å²) in [7, 11) is 0. The van der Waals surface area contributed by atoms with Gasteiger partial charge in [0.15, 0.2) is 0 Å². The highest BCUT2D eigenvalue weighted by molar-refractivity contribution is 7.15. The number of nitrogens with zero attached hydrogens (tertiary/aromatic N) is 3. The molecule has 3 rings (SSSR count). The minimum Gasteiger partial charge on any atom is -0.314 e. The molecule has 0 aliphatic carbocycles. The van der Waals surface area contributed by atoms with Crippen LogP contribution in [0.2, 0.25) is 0 Å². The van der Waals surface area contributed by atoms with Crippen LogP contribution < -0.4 is 0 Å². The summed E-state index contributed by atoms with van der Waals surface area (Å²) in [6.07, 6.45) is 5.02. The zero-order valence-electron chi connectivity index (χ0n) is 11.3. The molecular formula is C15H17N3S. The number of hydrogen-bond donors (Lipinski definition) is 0. The van der Waals surface area contributed by atoms with Crippen molar-refractivity contribution in [2.75, 3.05) is 6.54 Å². The average Bonchev–Trinajstić information content (AvgIpc) is 3.04. The monoisotopic (exact) mass is 271 g/mol. The first-order valence-corrected chi connectivity index (χ1v) is 7.44. The van der Waals surface area contributed by atoms with Crippen LogP contribution in [0.1, 0.15) is 29.9 Å². The first-order valence-electron chi connectivity index (χ1n) is 6.62. The maximum absolute atomic E-state index is 9.47. The minimum atomic E-state index is 0.566. The molecule has 98 valence electrons. The Morgan fingerprint density at radius 2 is 2.05 bits per heavy atom. The second kappa shape index (κ2) is 4.84. The molecule has 0 unspecified atom stereocenters. The Balaban J connectivity index is 2.04. The van der Waals surface area contributed by atoms with Gasteiger partial charge in [0.2, 0.25) is 0 Å². The third-order valence-corrected chi connectivity index (χ3v) is 4.98. The topological polar surface area (TPSA) is 32.0 Å². The Labute approximate surface area is 117 Å². The van der Waals surface area contributed by atoms with E-state index in [0.29, 0.717) is 6.04 Å². The molecule has 0 saturated heterocycles. The van der Waals surface area contributed by atoms with Gasteiger partial charge in [0.1, 0.15) is 11.1 Å². The van der Waals surface area contributed by atoms with Crippen LogP contribution in [0.5, 0.6) is 0 Å². The Hall–Kier alpha value is -1.57. The molecule has 0 saturated carbocycles. The molecule has 0 spiro atoms. The lowest BCUT2D eigenvalue weighted by Gasteiger charge is -2.30. The van der Waals surface area contributed by atoms with Crippen LogP contribution in [0.4, 0.5) is 0 Å². The van der Waals surface area contributed by atoms with Crippen LogP contribution in [0, 0.1) is 11.3 Å². The summed E-state index contributed by atoms with van der Waals surface area (Å²) in [5, 5.41) is 10.5. The standard InChI is InChI=1S/C15H17N3S/c1-11(2)18-8-5-12-13(9-16)15(19-14(12)10-18)17-6-3-4-7-17/h3-4,6-7,11H,5,8,10H2,1-2H3. The number of fused-ring (bicyclic) bond motifs is 1. The fraction of sp³-hybridized carbons (Fsp3) is 0.400. The first kappa shape index (κ1) is 12.5. The molecule has 0 aromatic carbocycles. The molecule has 3 heterocycles. The highest BCUT2D eigenvalue weighted by atomic mass is 32.1. The Kier molecular flexibility index (Phi) is 3.17. The van der Waals surface area contributed by atoms with Gasteiger partial charge in [-0.1, -0.05) is 0 Å². The predicted octanol–water partition coefficient (Wildman–Crippen LogP) is 3.18. The van der Waals surface area contributed by atoms with Crippen molar-refractivity contribution < 1.29 is 0 Å². The number of aromatic nitrogens is 1. The molecule has 0 fully saturated rings. The normalized spacial score (nSPS) is 15.5. The molecule has 0 N–H and O–H groups in total. The number of rotatable bonds is 2. The SMILES string of the molecule is CC(C)N1CCc2c(sc(-n3cccc3)c2C#N)C1. The van der Waals surface area contributed by atoms with Crippen molar-refractivity contribution in [2.45, 2.75) is 32.9 Å². The van der Waals surface area contributed by atoms with Crippen molar-refractivity contribution in [3.8, 4) is 11.1 Å². The lowest BCUT2D eigenvalue weighted by Crippen LogP contribution is -2.35. The molecule has 0 radical (unpaired) electrons. The number of nitriles is 1. The van der Waals surface area contributed by atoms with Crippen LogP contribution in [-0.2, 0) is 13.0 Å². The van der Waals surface area contributed by atoms with E-state index >= 15 is 0 Å². The molecule has 2 aromatic heterocycles. The second-order valence-electron chi connectivity index (χ2n) is 5.20. The van der Waals surface area contributed by atoms with E-state index in [2.05, 4.69) is 29.4 Å². The van der Waals surface area contributed by atoms with Crippen molar-refractivity contribution in [3.05, 3.63) is 40.5 Å². The summed E-state index contributed by atoms with van der Waals surface area (Å²) in [6, 6.07) is 6.97. The lowest BCUT2D eigenvalue weighted by atomic mass is 10.0. The lowest BCUT2D eigenvalue weighted by molar-refractivity contribution is 0.206. The van der Waals surface area contributed by atoms with Gasteiger partial charge in [-0.25, -0.2) is 0 Å². The molecular weight excluding hydrogens is 254 g/mol. The number of hydrogen-bond acceptors (Lipinski definition) is 3. The van der Waals surface area contributed by atoms with Crippen molar-refractivity contribution >= 4 is 11.3 Å². The minimum absolute atomic E-state index is 0.566. The Bertz CT molecular complexity index is 617. The van der Waals surface area contributed by atoms with Crippen LogP contribution in [0.3, 0.4) is 0 Å². The van der Waals surface area contributed by atoms with Gasteiger partial charge in [0.25, 0.3) is 0 Å². The molecule has 1 aliphatic heterocycles. The van der Waals surface area contributed by atoms with Gasteiger partial charge >= 0.3 is 0 Å². The van der Waals surface area contributed by atoms with Gasteiger partial charge < -0.3 is 4.57 Å². The van der Waals surface area contributed by atoms with Gasteiger partial charge in [-0.15, -0.1) is 11.3 Å². The van der Waals surface area contributed by atoms with Crippen molar-refractivity contribution in [1.29, 1.82) is 5.26 Å². The molecule has 2 aromatic rings. The summed E-state index contributed by atoms with van der Waals surface area (Å²) < 4.78 is 2.06. The fourth-order valence-corrected chi connectivity index (χ4v) is 3.91. The number of thiophene rings is 1. The third-order valence-electron chi connectivity index (χ3n) is 3.75. The van der Waals surface area contributed by atoms with E-state index in [-0.39, 0.29) is 0 Å². The van der Waals surface area contributed by atoms with Crippen LogP contribution in [-0.4, -0.2) is 22.1 Å². The van der Waals surface area contributed by atoms with E-state index in [0.717, 1.165) is 30.1 Å². The van der Waals surface area contributed by atoms with Crippen LogP contribution >= 0.6 is 11.3 Å². The van der Waals surface area contributed by atoms with Crippen LogP contribution in [0.15, 0.2) is 24.5 Å². The van der Waals surface area contributed by atoms with Crippen molar-refractivity contribution in [3.63, 3.8) is 0 Å². The molecule has 0 atom stereocenters. The smallest absolute Gasteiger partial charge is 0.118 e. The summed E-state index contributed by atoms with van der Waals surface area (Å²) in [5.74, 6) is 0. The van der Waals surface area contributed by atoms with Gasteiger partial charge in [0, 0.05) is 36.4 Å². The predicted molar refractivity (Wildman–Crippen MR) is 77.6 cm³/mol. The summed E-state index contributed by atoms with van der Waals surface area (Å²) in [4.78, 5) is 3.83. The molecule has 3 nitrogen and oxygen atoms in total. The van der Waals surface area contributed by atoms with Crippen LogP contribution in [0.25, 0.3) is 5.00 Å². The van der Waals surface area contributed by atoms with Gasteiger partial charge in [-0.05, 0) is 38.0 Å². The zero-order valence-corrected chi connectivity index (χ0v) is 12.1. The third kappa shape index (κ3) is 2.09. The molecule has 19 heavy (non-hydrogen) atoms. The van der Waals surface area contributed by atoms with E-state index < -0.39 is 0 Å². The van der Waals surface area contributed by atoms with Gasteiger partial charge in [-0.3, -0.25) is 4.90 Å². The van der Waals surface area contributed by atoms with E-state index in [4.69, 9.17) is 0 Å². The maximum Gasteiger partial charge on any atom is 0.118 e. The molecule has 0 bridgehead atoms. The van der Waals surface area contributed by atoms with E-state index in [9.17, 15) is 5.26 Å². The van der Waals surface area contributed by atoms with E-state index in [1.807, 2.05) is 24.5 Å². The van der Waals surface area contributed by atoms with Gasteiger partial charge in [0.05, 0.1) is 5.56 Å². The zero-order chi connectivity index (χ0) is 13.4. The van der Waals surface area contributed by atoms with Crippen molar-refractivity contribution in [2.24, 2.45) is 0 Å². The maximum atomic E-state index is 9.47. The van der Waals surface area contributed by atoms with Crippen molar-refractivity contribution in [1.82, 2.24) is 9.47 Å². The summed E-state index contributed by atoms with van der Waals surface area (Å²) in [6.45, 7) is 6.50.